The number of urea groups is 1. The molecule has 0 saturated heterocycles. The van der Waals surface area contributed by atoms with Gasteiger partial charge in [0.05, 0.1) is 5.69 Å². The molecule has 0 aliphatic heterocycles. The van der Waals surface area contributed by atoms with Crippen molar-refractivity contribution in [2.24, 2.45) is 0 Å². The zero-order valence-corrected chi connectivity index (χ0v) is 21.6. The maximum Gasteiger partial charge on any atom is 0.573 e. The molecule has 1 heterocycles. The molecule has 0 aliphatic carbocycles. The Bertz CT molecular complexity index is 1440. The quantitative estimate of drug-likeness (QED) is 0.189. The highest BCUT2D eigenvalue weighted by atomic mass is 32.1. The number of nitrogens with one attached hydrogen (secondary N) is 3. The molecule has 3 aromatic carbocycles. The molecule has 0 fully saturated rings. The normalized spacial score (nSPS) is 11.1. The van der Waals surface area contributed by atoms with Crippen molar-refractivity contribution in [2.45, 2.75) is 26.1 Å². The van der Waals surface area contributed by atoms with Crippen molar-refractivity contribution in [3.8, 4) is 22.8 Å². The molecule has 4 rings (SSSR count). The summed E-state index contributed by atoms with van der Waals surface area (Å²) in [5, 5.41) is 13.1. The molecule has 39 heavy (non-hydrogen) atoms. The van der Waals surface area contributed by atoms with Gasteiger partial charge in [-0.05, 0) is 79.5 Å². The first-order valence-corrected chi connectivity index (χ1v) is 12.4. The highest BCUT2D eigenvalue weighted by molar-refractivity contribution is 7.80. The fourth-order valence-electron chi connectivity index (χ4n) is 3.69. The number of hydrogen-bond acceptors (Lipinski definition) is 5. The predicted octanol–water partition coefficient (Wildman–Crippen LogP) is 5.77. The zero-order valence-electron chi connectivity index (χ0n) is 20.8. The summed E-state index contributed by atoms with van der Waals surface area (Å²) in [6.07, 6.45) is -1.85. The Morgan fingerprint density at radius 1 is 1.05 bits per heavy atom. The summed E-state index contributed by atoms with van der Waals surface area (Å²) in [6, 6.07) is 20.3. The van der Waals surface area contributed by atoms with Gasteiger partial charge in [0.25, 0.3) is 0 Å². The molecule has 0 atom stereocenters. The lowest BCUT2D eigenvalue weighted by molar-refractivity contribution is -0.274. The molecule has 8 nitrogen and oxygen atoms in total. The summed E-state index contributed by atoms with van der Waals surface area (Å²) in [5.74, 6) is 0.160. The number of carbonyl (C=O) groups excluding carboxylic acids is 1. The molecule has 0 radical (unpaired) electrons. The van der Waals surface area contributed by atoms with Gasteiger partial charge in [0.1, 0.15) is 12.1 Å². The number of halogens is 3. The van der Waals surface area contributed by atoms with Gasteiger partial charge in [0, 0.05) is 17.8 Å². The Morgan fingerprint density at radius 3 is 2.56 bits per heavy atom. The van der Waals surface area contributed by atoms with E-state index in [9.17, 15) is 18.0 Å². The van der Waals surface area contributed by atoms with Gasteiger partial charge in [0.2, 0.25) is 0 Å². The molecule has 0 saturated carbocycles. The molecule has 0 spiro atoms. The number of aryl methyl sites for hydroxylation is 2. The van der Waals surface area contributed by atoms with Crippen LogP contribution in [0.25, 0.3) is 17.1 Å². The maximum absolute atomic E-state index is 12.4. The van der Waals surface area contributed by atoms with Crippen molar-refractivity contribution in [3.05, 3.63) is 90.3 Å². The van der Waals surface area contributed by atoms with E-state index in [-0.39, 0.29) is 16.9 Å². The average Bonchev–Trinajstić information content (AvgIpc) is 3.38. The van der Waals surface area contributed by atoms with Crippen LogP contribution < -0.4 is 20.7 Å². The van der Waals surface area contributed by atoms with E-state index in [4.69, 9.17) is 12.2 Å². The van der Waals surface area contributed by atoms with Crippen molar-refractivity contribution in [2.75, 3.05) is 11.9 Å². The third-order valence-electron chi connectivity index (χ3n) is 5.56. The van der Waals surface area contributed by atoms with Gasteiger partial charge in [0.15, 0.2) is 10.9 Å². The highest BCUT2D eigenvalue weighted by Crippen LogP contribution is 2.24. The number of benzene rings is 3. The van der Waals surface area contributed by atoms with E-state index in [0.29, 0.717) is 30.9 Å². The standard InChI is InChI=1S/C27H25F3N6O2S/c1-18-6-2-3-10-23(18)33-26(39)34-25(37)31-15-5-8-19-7-4-9-20(16-19)24-32-17-36(35-24)21-11-13-22(14-12-21)38-27(28,29)30/h2-4,6-7,9-14,16-17H,5,8,15H2,1H3,(H3,31,33,34,37,39). The molecule has 3 N–H and O–H groups in total. The second-order valence-electron chi connectivity index (χ2n) is 8.51. The Kier molecular flexibility index (Phi) is 8.77. The number of amides is 2. The van der Waals surface area contributed by atoms with E-state index < -0.39 is 6.36 Å². The van der Waals surface area contributed by atoms with Crippen LogP contribution >= 0.6 is 12.2 Å². The van der Waals surface area contributed by atoms with E-state index in [0.717, 1.165) is 22.4 Å². The Morgan fingerprint density at radius 2 is 1.82 bits per heavy atom. The summed E-state index contributed by atoms with van der Waals surface area (Å²) in [5.41, 5.74) is 4.21. The Hall–Kier alpha value is -4.45. The molecule has 202 valence electrons. The second kappa shape index (κ2) is 12.4. The van der Waals surface area contributed by atoms with Crippen LogP contribution in [0.2, 0.25) is 0 Å². The number of thiocarbonyl (C=S) groups is 1. The minimum atomic E-state index is -4.75. The van der Waals surface area contributed by atoms with Crippen LogP contribution in [0.4, 0.5) is 23.7 Å². The second-order valence-corrected chi connectivity index (χ2v) is 8.92. The van der Waals surface area contributed by atoms with E-state index >= 15 is 0 Å². The first kappa shape index (κ1) is 27.6. The van der Waals surface area contributed by atoms with Crippen LogP contribution in [0.5, 0.6) is 5.75 Å². The summed E-state index contributed by atoms with van der Waals surface area (Å²) in [6.45, 7) is 2.39. The van der Waals surface area contributed by atoms with Crippen LogP contribution in [-0.4, -0.2) is 38.8 Å². The Balaban J connectivity index is 1.25. The minimum Gasteiger partial charge on any atom is -0.406 e. The van der Waals surface area contributed by atoms with Crippen molar-refractivity contribution in [1.82, 2.24) is 25.4 Å². The van der Waals surface area contributed by atoms with E-state index in [2.05, 4.69) is 30.8 Å². The third kappa shape index (κ3) is 8.27. The summed E-state index contributed by atoms with van der Waals surface area (Å²) >= 11 is 5.20. The third-order valence-corrected chi connectivity index (χ3v) is 5.76. The smallest absolute Gasteiger partial charge is 0.406 e. The van der Waals surface area contributed by atoms with Crippen molar-refractivity contribution < 1.29 is 22.7 Å². The monoisotopic (exact) mass is 554 g/mol. The number of ether oxygens (including phenoxy) is 1. The van der Waals surface area contributed by atoms with Gasteiger partial charge >= 0.3 is 12.4 Å². The van der Waals surface area contributed by atoms with Crippen LogP contribution in [0.1, 0.15) is 17.5 Å². The van der Waals surface area contributed by atoms with Crippen LogP contribution in [0.15, 0.2) is 79.1 Å². The molecular weight excluding hydrogens is 529 g/mol. The molecule has 2 amide bonds. The number of hydrogen-bond donors (Lipinski definition) is 3. The Labute approximate surface area is 228 Å². The molecule has 4 aromatic rings. The molecule has 1 aromatic heterocycles. The highest BCUT2D eigenvalue weighted by Gasteiger charge is 2.31. The number of rotatable bonds is 8. The SMILES string of the molecule is Cc1ccccc1NC(=S)NC(=O)NCCCc1cccc(-c2ncn(-c3ccc(OC(F)(F)F)cc3)n2)c1. The molecule has 0 bridgehead atoms. The lowest BCUT2D eigenvalue weighted by atomic mass is 10.1. The summed E-state index contributed by atoms with van der Waals surface area (Å²) < 4.78 is 42.5. The van der Waals surface area contributed by atoms with Crippen molar-refractivity contribution >= 4 is 29.0 Å². The van der Waals surface area contributed by atoms with Crippen LogP contribution in [0, 0.1) is 6.92 Å². The predicted molar refractivity (Wildman–Crippen MR) is 146 cm³/mol. The number of carbonyl (C=O) groups is 1. The van der Waals surface area contributed by atoms with E-state index in [1.54, 1.807) is 0 Å². The van der Waals surface area contributed by atoms with Gasteiger partial charge in [-0.3, -0.25) is 5.32 Å². The molecular formula is C27H25F3N6O2S. The van der Waals surface area contributed by atoms with Crippen molar-refractivity contribution in [3.63, 3.8) is 0 Å². The first-order chi connectivity index (χ1) is 18.7. The zero-order chi connectivity index (χ0) is 27.8. The van der Waals surface area contributed by atoms with Gasteiger partial charge in [-0.25, -0.2) is 14.5 Å². The maximum atomic E-state index is 12.4. The largest absolute Gasteiger partial charge is 0.573 e. The number of para-hydroxylation sites is 1. The number of aromatic nitrogens is 3. The van der Waals surface area contributed by atoms with Gasteiger partial charge in [-0.1, -0.05) is 36.4 Å². The van der Waals surface area contributed by atoms with Gasteiger partial charge in [-0.15, -0.1) is 18.3 Å². The molecule has 0 unspecified atom stereocenters. The number of alkyl halides is 3. The van der Waals surface area contributed by atoms with Gasteiger partial charge in [-0.2, -0.15) is 0 Å². The molecule has 0 aliphatic rings. The fraction of sp³-hybridized carbons (Fsp3) is 0.185. The lowest BCUT2D eigenvalue weighted by Crippen LogP contribution is -2.42. The lowest BCUT2D eigenvalue weighted by Gasteiger charge is -2.12. The van der Waals surface area contributed by atoms with Crippen molar-refractivity contribution in [1.29, 1.82) is 0 Å². The fourth-order valence-corrected chi connectivity index (χ4v) is 3.90. The average molecular weight is 555 g/mol. The topological polar surface area (TPSA) is 93.1 Å². The van der Waals surface area contributed by atoms with Crippen LogP contribution in [-0.2, 0) is 6.42 Å². The first-order valence-electron chi connectivity index (χ1n) is 11.9. The van der Waals surface area contributed by atoms with Crippen LogP contribution in [0.3, 0.4) is 0 Å². The minimum absolute atomic E-state index is 0.215. The number of anilines is 1. The summed E-state index contributed by atoms with van der Waals surface area (Å²) in [4.78, 5) is 16.5. The van der Waals surface area contributed by atoms with E-state index in [1.165, 1.54) is 35.3 Å². The van der Waals surface area contributed by atoms with E-state index in [1.807, 2.05) is 55.5 Å². The summed E-state index contributed by atoms with van der Waals surface area (Å²) in [7, 11) is 0. The van der Waals surface area contributed by atoms with Gasteiger partial charge < -0.3 is 15.4 Å². The molecule has 12 heteroatoms. The number of nitrogens with zero attached hydrogens (tertiary/aromatic N) is 3.